The van der Waals surface area contributed by atoms with Gasteiger partial charge in [-0.2, -0.15) is 0 Å². The molecule has 246 valence electrons. The second kappa shape index (κ2) is 23.3. The number of halogens is 3. The van der Waals surface area contributed by atoms with Crippen molar-refractivity contribution in [1.82, 2.24) is 24.9 Å². The Balaban J connectivity index is 0.00000270. The maximum Gasteiger partial charge on any atom is 0.206 e. The van der Waals surface area contributed by atoms with E-state index in [0.29, 0.717) is 36.6 Å². The van der Waals surface area contributed by atoms with Crippen molar-refractivity contribution in [3.05, 3.63) is 69.9 Å². The molecule has 0 bridgehead atoms. The van der Waals surface area contributed by atoms with Crippen LogP contribution in [0.5, 0.6) is 0 Å². The van der Waals surface area contributed by atoms with E-state index >= 15 is 0 Å². The number of hydrogen-bond donors (Lipinski definition) is 2. The first kappa shape index (κ1) is 40.9. The van der Waals surface area contributed by atoms with Gasteiger partial charge >= 0.3 is 0 Å². The fourth-order valence-corrected chi connectivity index (χ4v) is 5.67. The summed E-state index contributed by atoms with van der Waals surface area (Å²) in [7, 11) is 3.46. The van der Waals surface area contributed by atoms with Crippen molar-refractivity contribution in [3.8, 4) is 0 Å². The van der Waals surface area contributed by atoms with E-state index in [1.54, 1.807) is 26.4 Å². The average molecular weight is 644 g/mol. The zero-order valence-corrected chi connectivity index (χ0v) is 29.3. The first-order valence-electron chi connectivity index (χ1n) is 15.3. The van der Waals surface area contributed by atoms with E-state index in [2.05, 4.69) is 33.5 Å². The number of piperazine rings is 1. The van der Waals surface area contributed by atoms with Crippen molar-refractivity contribution in [2.24, 2.45) is 5.73 Å². The summed E-state index contributed by atoms with van der Waals surface area (Å²) in [6.07, 6.45) is 12.8. The molecular formula is C33H57Cl2FN6O. The summed E-state index contributed by atoms with van der Waals surface area (Å²) in [6, 6.07) is 1.07. The molecule has 2 saturated heterocycles. The predicted octanol–water partition coefficient (Wildman–Crippen LogP) is 6.57. The van der Waals surface area contributed by atoms with E-state index in [9.17, 15) is 4.39 Å². The lowest BCUT2D eigenvalue weighted by Crippen LogP contribution is -2.58. The van der Waals surface area contributed by atoms with Gasteiger partial charge in [0.1, 0.15) is 5.83 Å². The van der Waals surface area contributed by atoms with Crippen LogP contribution in [0.3, 0.4) is 0 Å². The molecule has 0 spiro atoms. The maximum absolute atomic E-state index is 14.4. The Morgan fingerprint density at radius 3 is 2.16 bits per heavy atom. The van der Waals surface area contributed by atoms with Crippen LogP contribution in [0.1, 0.15) is 60.8 Å². The zero-order valence-electron chi connectivity index (χ0n) is 27.8. The highest BCUT2D eigenvalue weighted by Crippen LogP contribution is 2.26. The number of nitrogens with two attached hydrogens (primary N) is 1. The normalized spacial score (nSPS) is 20.7. The summed E-state index contributed by atoms with van der Waals surface area (Å²) in [6.45, 7) is 21.7. The molecule has 2 heterocycles. The molecule has 43 heavy (non-hydrogen) atoms. The molecule has 0 aromatic carbocycles. The Bertz CT molecular complexity index is 982. The number of rotatable bonds is 12. The molecule has 0 aliphatic carbocycles. The second-order valence-electron chi connectivity index (χ2n) is 10.4. The number of nitrogens with zero attached hydrogens (tertiary/aromatic N) is 4. The Labute approximate surface area is 271 Å². The number of carbonyl (C=O) groups excluding carboxylic acids is 1. The van der Waals surface area contributed by atoms with Gasteiger partial charge in [0.05, 0.1) is 5.70 Å². The molecule has 0 aromatic heterocycles. The monoisotopic (exact) mass is 642 g/mol. The summed E-state index contributed by atoms with van der Waals surface area (Å²) in [5, 5.41) is 3.66. The number of hydrogen-bond acceptors (Lipinski definition) is 6. The zero-order chi connectivity index (χ0) is 32.9. The molecule has 10 heteroatoms. The van der Waals surface area contributed by atoms with E-state index in [1.165, 1.54) is 0 Å². The van der Waals surface area contributed by atoms with Crippen LogP contribution in [0.2, 0.25) is 0 Å². The van der Waals surface area contributed by atoms with Crippen molar-refractivity contribution in [2.75, 3.05) is 59.9 Å². The average Bonchev–Trinajstić information content (AvgIpc) is 3.03. The Hall–Kier alpha value is -2.10. The fourth-order valence-electron chi connectivity index (χ4n) is 5.23. The molecular weight excluding hydrogens is 586 g/mol. The van der Waals surface area contributed by atoms with Crippen LogP contribution in [0.25, 0.3) is 0 Å². The first-order valence-corrected chi connectivity index (χ1v) is 16.1. The number of piperidine rings is 1. The van der Waals surface area contributed by atoms with E-state index < -0.39 is 0 Å². The van der Waals surface area contributed by atoms with Gasteiger partial charge in [-0.1, -0.05) is 56.6 Å². The van der Waals surface area contributed by atoms with Gasteiger partial charge in [-0.25, -0.2) is 4.39 Å². The lowest BCUT2D eigenvalue weighted by Gasteiger charge is -2.47. The molecule has 2 aliphatic rings. The molecule has 2 aliphatic heterocycles. The predicted molar refractivity (Wildman–Crippen MR) is 185 cm³/mol. The van der Waals surface area contributed by atoms with Crippen molar-refractivity contribution < 1.29 is 9.18 Å². The van der Waals surface area contributed by atoms with Gasteiger partial charge in [0.25, 0.3) is 0 Å². The van der Waals surface area contributed by atoms with Gasteiger partial charge < -0.3 is 16.0 Å². The molecule has 0 radical (unpaired) electrons. The molecule has 1 unspecified atom stereocenters. The summed E-state index contributed by atoms with van der Waals surface area (Å²) in [5.74, 6) is -0.128. The fraction of sp³-hybridized carbons (Fsp3) is 0.606. The van der Waals surface area contributed by atoms with Crippen LogP contribution < -0.4 is 11.1 Å². The van der Waals surface area contributed by atoms with Crippen LogP contribution in [-0.4, -0.2) is 98.0 Å². The van der Waals surface area contributed by atoms with E-state index in [0.717, 1.165) is 73.9 Å². The number of amides is 1. The van der Waals surface area contributed by atoms with E-state index in [-0.39, 0.29) is 5.83 Å². The third-order valence-corrected chi connectivity index (χ3v) is 8.22. The van der Waals surface area contributed by atoms with E-state index in [1.807, 2.05) is 57.9 Å². The van der Waals surface area contributed by atoms with Gasteiger partial charge in [0.2, 0.25) is 6.41 Å². The van der Waals surface area contributed by atoms with Gasteiger partial charge in [-0.3, -0.25) is 19.5 Å². The SMILES string of the molecule is C=CN(C)C(/C=C(/Cl)CN1CCN(C2CCN(CC(/C(C)=C\C(Cl)=C/C)=C(/C)F)CC2)C(CC)C1)=C/N.CC.CNC=O. The van der Waals surface area contributed by atoms with Crippen molar-refractivity contribution in [1.29, 1.82) is 0 Å². The summed E-state index contributed by atoms with van der Waals surface area (Å²) in [4.78, 5) is 18.4. The topological polar surface area (TPSA) is 68.1 Å². The van der Waals surface area contributed by atoms with Gasteiger partial charge in [-0.15, -0.1) is 0 Å². The molecule has 0 saturated carbocycles. The minimum atomic E-state index is -0.128. The smallest absolute Gasteiger partial charge is 0.206 e. The number of allylic oxidation sites excluding steroid dienone is 5. The second-order valence-corrected chi connectivity index (χ2v) is 11.4. The van der Waals surface area contributed by atoms with Crippen LogP contribution >= 0.6 is 23.2 Å². The van der Waals surface area contributed by atoms with Crippen LogP contribution in [0.15, 0.2) is 69.9 Å². The highest BCUT2D eigenvalue weighted by Gasteiger charge is 2.33. The Morgan fingerprint density at radius 2 is 1.70 bits per heavy atom. The van der Waals surface area contributed by atoms with Gasteiger partial charge in [0.15, 0.2) is 0 Å². The van der Waals surface area contributed by atoms with Crippen LogP contribution in [0, 0.1) is 0 Å². The lowest BCUT2D eigenvalue weighted by atomic mass is 9.97. The third-order valence-electron chi connectivity index (χ3n) is 7.66. The molecule has 3 N–H and O–H groups in total. The largest absolute Gasteiger partial charge is 0.403 e. The minimum absolute atomic E-state index is 0.128. The third kappa shape index (κ3) is 15.0. The standard InChI is InChI=1S/C29H46Cl2FN5.C2H5NO.C2H6/c1-7-24(30)16-22(4)29(23(5)32)21-35-12-10-27(11-13-35)37-15-14-36(20-26(37)8-2)19-25(31)17-28(18-33)34(6)9-3;1-3-2-4;1-2/h7,9,16-18,26-27H,3,8,10-15,19-21,33H2,1-2,4-6H3;2H,1H3,(H,3,4);1-2H3/b22-16-,24-7+,25-17+,28-18+,29-23+;;. The first-order chi connectivity index (χ1) is 20.5. The van der Waals surface area contributed by atoms with Crippen molar-refractivity contribution >= 4 is 29.6 Å². The molecule has 0 aromatic rings. The summed E-state index contributed by atoms with van der Waals surface area (Å²) >= 11 is 12.8. The molecule has 7 nitrogen and oxygen atoms in total. The van der Waals surface area contributed by atoms with Crippen molar-refractivity contribution in [2.45, 2.75) is 72.9 Å². The lowest BCUT2D eigenvalue weighted by molar-refractivity contribution is -0.109. The molecule has 2 fully saturated rings. The van der Waals surface area contributed by atoms with Crippen molar-refractivity contribution in [3.63, 3.8) is 0 Å². The quantitative estimate of drug-likeness (QED) is 0.185. The number of likely N-dealkylation sites (tertiary alicyclic amines) is 1. The summed E-state index contributed by atoms with van der Waals surface area (Å²) in [5.41, 5.74) is 8.22. The van der Waals surface area contributed by atoms with Gasteiger partial charge in [0, 0.05) is 80.7 Å². The molecule has 1 atom stereocenters. The van der Waals surface area contributed by atoms with E-state index in [4.69, 9.17) is 33.7 Å². The molecule has 2 rings (SSSR count). The Kier molecular flexibility index (Phi) is 22.2. The number of likely N-dealkylation sites (N-methyl/N-ethyl adjacent to an activating group) is 1. The minimum Gasteiger partial charge on any atom is -0.403 e. The van der Waals surface area contributed by atoms with Crippen LogP contribution in [0.4, 0.5) is 4.39 Å². The maximum atomic E-state index is 14.4. The van der Waals surface area contributed by atoms with Gasteiger partial charge in [-0.05, 0) is 77.0 Å². The highest BCUT2D eigenvalue weighted by atomic mass is 35.5. The summed E-state index contributed by atoms with van der Waals surface area (Å²) < 4.78 is 14.4. The Morgan fingerprint density at radius 1 is 1.09 bits per heavy atom. The molecule has 1 amide bonds. The highest BCUT2D eigenvalue weighted by molar-refractivity contribution is 6.31. The number of carbonyl (C=O) groups is 1. The number of nitrogens with one attached hydrogen (secondary N) is 1. The van der Waals surface area contributed by atoms with Crippen LogP contribution in [-0.2, 0) is 4.79 Å².